The third-order valence-corrected chi connectivity index (χ3v) is 4.33. The molecule has 1 fully saturated rings. The van der Waals surface area contributed by atoms with Gasteiger partial charge in [-0.3, -0.25) is 9.78 Å². The van der Waals surface area contributed by atoms with Gasteiger partial charge in [0.15, 0.2) is 5.75 Å². The van der Waals surface area contributed by atoms with Gasteiger partial charge in [-0.15, -0.1) is 0 Å². The molecular weight excluding hydrogens is 352 g/mol. The highest BCUT2D eigenvalue weighted by molar-refractivity contribution is 9.10. The second kappa shape index (κ2) is 6.05. The zero-order valence-corrected chi connectivity index (χ0v) is 13.2. The molecule has 3 rings (SSSR count). The number of anilines is 1. The molecule has 0 radical (unpaired) electrons. The van der Waals surface area contributed by atoms with Gasteiger partial charge in [0.2, 0.25) is 0 Å². The molecule has 1 aromatic heterocycles. The quantitative estimate of drug-likeness (QED) is 0.654. The second-order valence-electron chi connectivity index (χ2n) is 5.23. The predicted molar refractivity (Wildman–Crippen MR) is 85.0 cm³/mol. The maximum absolute atomic E-state index is 11.1. The van der Waals surface area contributed by atoms with Crippen LogP contribution in [-0.4, -0.2) is 44.8 Å². The molecule has 0 aliphatic carbocycles. The van der Waals surface area contributed by atoms with Crippen molar-refractivity contribution in [1.82, 2.24) is 15.3 Å². The first-order chi connectivity index (χ1) is 10.5. The summed E-state index contributed by atoms with van der Waals surface area (Å²) in [7, 11) is 0. The normalized spacial score (nSPS) is 21.7. The van der Waals surface area contributed by atoms with Crippen LogP contribution in [0.3, 0.4) is 0 Å². The molecule has 0 saturated carbocycles. The second-order valence-corrected chi connectivity index (χ2v) is 6.08. The Bertz CT molecular complexity index is 725. The minimum atomic E-state index is -0.849. The van der Waals surface area contributed by atoms with Crippen LogP contribution in [0, 0.1) is 0 Å². The van der Waals surface area contributed by atoms with Crippen molar-refractivity contribution in [2.24, 2.45) is 0 Å². The Morgan fingerprint density at radius 1 is 1.45 bits per heavy atom. The number of nitrogens with zero attached hydrogens (tertiary/aromatic N) is 2. The molecule has 0 amide bonds. The Morgan fingerprint density at radius 2 is 2.27 bits per heavy atom. The van der Waals surface area contributed by atoms with E-state index in [1.165, 1.54) is 0 Å². The molecule has 0 unspecified atom stereocenters. The Hall–Kier alpha value is -1.93. The molecule has 7 nitrogen and oxygen atoms in total. The summed E-state index contributed by atoms with van der Waals surface area (Å²) in [5.74, 6) is -0.281. The predicted octanol–water partition coefficient (Wildman–Crippen LogP) is 1.71. The van der Waals surface area contributed by atoms with E-state index >= 15 is 0 Å². The number of aliphatic carboxylic acids is 1. The van der Waals surface area contributed by atoms with Gasteiger partial charge in [-0.1, -0.05) is 0 Å². The van der Waals surface area contributed by atoms with E-state index in [-0.39, 0.29) is 11.8 Å². The van der Waals surface area contributed by atoms with Crippen molar-refractivity contribution in [1.29, 1.82) is 0 Å². The standard InChI is InChI=1S/C14H15BrN4O3/c15-8-1-2-9-12(13(8)20)19-11(6-17-9)18-7-3-4-16-10(5-7)14(21)22/h1-2,6-7,10,16,20H,3-5H2,(H,18,19)(H,21,22)/t7-,10-/m0/s1. The van der Waals surface area contributed by atoms with E-state index in [0.717, 1.165) is 6.42 Å². The van der Waals surface area contributed by atoms with Gasteiger partial charge in [0, 0.05) is 6.04 Å². The van der Waals surface area contributed by atoms with Crippen LogP contribution >= 0.6 is 15.9 Å². The minimum Gasteiger partial charge on any atom is -0.504 e. The Labute approximate surface area is 134 Å². The van der Waals surface area contributed by atoms with Crippen molar-refractivity contribution in [2.75, 3.05) is 11.9 Å². The molecule has 0 bridgehead atoms. The summed E-state index contributed by atoms with van der Waals surface area (Å²) in [5, 5.41) is 25.3. The van der Waals surface area contributed by atoms with E-state index in [4.69, 9.17) is 5.11 Å². The number of aromatic hydroxyl groups is 1. The third-order valence-electron chi connectivity index (χ3n) is 3.69. The van der Waals surface area contributed by atoms with Crippen LogP contribution in [0.2, 0.25) is 0 Å². The Kier molecular flexibility index (Phi) is 4.12. The molecular formula is C14H15BrN4O3. The fourth-order valence-corrected chi connectivity index (χ4v) is 2.87. The lowest BCUT2D eigenvalue weighted by atomic mass is 9.99. The number of carboxylic acids is 1. The number of aromatic nitrogens is 2. The van der Waals surface area contributed by atoms with Crippen LogP contribution in [0.1, 0.15) is 12.8 Å². The topological polar surface area (TPSA) is 107 Å². The zero-order chi connectivity index (χ0) is 15.7. The van der Waals surface area contributed by atoms with E-state index in [9.17, 15) is 9.90 Å². The largest absolute Gasteiger partial charge is 0.504 e. The molecule has 2 atom stereocenters. The van der Waals surface area contributed by atoms with Crippen molar-refractivity contribution >= 4 is 38.8 Å². The highest BCUT2D eigenvalue weighted by atomic mass is 79.9. The van der Waals surface area contributed by atoms with Crippen LogP contribution in [0.25, 0.3) is 11.0 Å². The fourth-order valence-electron chi connectivity index (χ4n) is 2.55. The number of rotatable bonds is 3. The molecule has 22 heavy (non-hydrogen) atoms. The summed E-state index contributed by atoms with van der Waals surface area (Å²) < 4.78 is 0.555. The van der Waals surface area contributed by atoms with Crippen LogP contribution in [0.4, 0.5) is 5.82 Å². The summed E-state index contributed by atoms with van der Waals surface area (Å²) in [6.07, 6.45) is 2.86. The summed E-state index contributed by atoms with van der Waals surface area (Å²) in [4.78, 5) is 19.7. The van der Waals surface area contributed by atoms with Gasteiger partial charge in [-0.25, -0.2) is 4.98 Å². The maximum Gasteiger partial charge on any atom is 0.320 e. The average Bonchev–Trinajstić information content (AvgIpc) is 2.52. The molecule has 1 aliphatic rings. The van der Waals surface area contributed by atoms with Crippen molar-refractivity contribution in [3.8, 4) is 5.75 Å². The number of phenols is 1. The number of hydrogen-bond donors (Lipinski definition) is 4. The number of nitrogens with one attached hydrogen (secondary N) is 2. The molecule has 1 aliphatic heterocycles. The highest BCUT2D eigenvalue weighted by Crippen LogP contribution is 2.31. The lowest BCUT2D eigenvalue weighted by molar-refractivity contribution is -0.140. The molecule has 2 aromatic rings. The van der Waals surface area contributed by atoms with Gasteiger partial charge in [-0.05, 0) is 47.4 Å². The number of piperidine rings is 1. The molecule has 1 saturated heterocycles. The maximum atomic E-state index is 11.1. The van der Waals surface area contributed by atoms with E-state index in [1.807, 2.05) is 0 Å². The zero-order valence-electron chi connectivity index (χ0n) is 11.6. The van der Waals surface area contributed by atoms with E-state index in [0.29, 0.717) is 34.3 Å². The third kappa shape index (κ3) is 2.97. The molecule has 4 N–H and O–H groups in total. The molecule has 1 aromatic carbocycles. The number of carboxylic acid groups (broad SMARTS) is 1. The molecule has 116 valence electrons. The summed E-state index contributed by atoms with van der Waals surface area (Å²) in [6.45, 7) is 0.631. The van der Waals surface area contributed by atoms with Gasteiger partial charge < -0.3 is 20.8 Å². The summed E-state index contributed by atoms with van der Waals surface area (Å²) in [5.41, 5.74) is 1.00. The molecule has 2 heterocycles. The van der Waals surface area contributed by atoms with Gasteiger partial charge in [0.05, 0.1) is 16.2 Å². The van der Waals surface area contributed by atoms with Crippen LogP contribution < -0.4 is 10.6 Å². The number of phenolic OH excluding ortho intramolecular Hbond substituents is 1. The lowest BCUT2D eigenvalue weighted by Gasteiger charge is -2.28. The SMILES string of the molecule is O=C(O)[C@@H]1C[C@@H](Nc2cnc3ccc(Br)c(O)c3n2)CCN1. The van der Waals surface area contributed by atoms with Gasteiger partial charge in [0.25, 0.3) is 0 Å². The number of hydrogen-bond acceptors (Lipinski definition) is 6. The van der Waals surface area contributed by atoms with E-state index in [1.54, 1.807) is 18.3 Å². The van der Waals surface area contributed by atoms with Gasteiger partial charge in [0.1, 0.15) is 17.4 Å². The molecule has 0 spiro atoms. The van der Waals surface area contributed by atoms with Crippen molar-refractivity contribution < 1.29 is 15.0 Å². The first kappa shape index (κ1) is 15.0. The first-order valence-electron chi connectivity index (χ1n) is 6.91. The fraction of sp³-hybridized carbons (Fsp3) is 0.357. The van der Waals surface area contributed by atoms with Crippen LogP contribution in [-0.2, 0) is 4.79 Å². The van der Waals surface area contributed by atoms with Gasteiger partial charge in [-0.2, -0.15) is 0 Å². The summed E-state index contributed by atoms with van der Waals surface area (Å²) in [6, 6.07) is 2.93. The number of carbonyl (C=O) groups is 1. The number of benzene rings is 1. The van der Waals surface area contributed by atoms with Crippen molar-refractivity contribution in [3.05, 3.63) is 22.8 Å². The summed E-state index contributed by atoms with van der Waals surface area (Å²) >= 11 is 3.25. The van der Waals surface area contributed by atoms with Gasteiger partial charge >= 0.3 is 5.97 Å². The van der Waals surface area contributed by atoms with E-state index in [2.05, 4.69) is 36.5 Å². The van der Waals surface area contributed by atoms with Crippen molar-refractivity contribution in [2.45, 2.75) is 24.9 Å². The Morgan fingerprint density at radius 3 is 3.05 bits per heavy atom. The highest BCUT2D eigenvalue weighted by Gasteiger charge is 2.26. The van der Waals surface area contributed by atoms with Crippen molar-refractivity contribution in [3.63, 3.8) is 0 Å². The first-order valence-corrected chi connectivity index (χ1v) is 7.71. The monoisotopic (exact) mass is 366 g/mol. The number of halogens is 1. The van der Waals surface area contributed by atoms with E-state index < -0.39 is 12.0 Å². The van der Waals surface area contributed by atoms with Crippen LogP contribution in [0.5, 0.6) is 5.75 Å². The average molecular weight is 367 g/mol. The lowest BCUT2D eigenvalue weighted by Crippen LogP contribution is -2.47. The minimum absolute atomic E-state index is 0.00314. The molecule has 8 heteroatoms. The Balaban J connectivity index is 1.82. The number of fused-ring (bicyclic) bond motifs is 1. The smallest absolute Gasteiger partial charge is 0.320 e. The van der Waals surface area contributed by atoms with Crippen LogP contribution in [0.15, 0.2) is 22.8 Å².